The zero-order valence-corrected chi connectivity index (χ0v) is 10.3. The lowest BCUT2D eigenvalue weighted by molar-refractivity contribution is 0.541. The summed E-state index contributed by atoms with van der Waals surface area (Å²) in [6.45, 7) is 3.16. The Labute approximate surface area is 106 Å². The maximum Gasteiger partial charge on any atom is 0.212 e. The summed E-state index contributed by atoms with van der Waals surface area (Å²) in [4.78, 5) is 3.74. The molecule has 0 saturated heterocycles. The predicted molar refractivity (Wildman–Crippen MR) is 69.8 cm³/mol. The first kappa shape index (κ1) is 11.4. The van der Waals surface area contributed by atoms with E-state index in [4.69, 9.17) is 0 Å². The quantitative estimate of drug-likeness (QED) is 0.777. The number of nitrogens with zero attached hydrogens (tertiary/aromatic N) is 1. The van der Waals surface area contributed by atoms with Crippen molar-refractivity contribution < 1.29 is 4.39 Å². The Morgan fingerprint density at radius 1 is 1.28 bits per heavy atom. The molecule has 1 unspecified atom stereocenters. The molecule has 0 radical (unpaired) electrons. The second-order valence-electron chi connectivity index (χ2n) is 4.67. The van der Waals surface area contributed by atoms with Gasteiger partial charge in [-0.3, -0.25) is 0 Å². The number of benzene rings is 1. The highest BCUT2D eigenvalue weighted by molar-refractivity contribution is 5.68. The van der Waals surface area contributed by atoms with Gasteiger partial charge < -0.3 is 5.32 Å². The number of nitrogens with one attached hydrogen (secondary N) is 1. The van der Waals surface area contributed by atoms with Crippen LogP contribution >= 0.6 is 0 Å². The fourth-order valence-electron chi connectivity index (χ4n) is 2.62. The molecule has 3 rings (SSSR count). The Bertz CT molecular complexity index is 563. The SMILES string of the molecule is CC1NCCc2c(-c3ccc(F)nc3)cccc21. The molecule has 0 saturated carbocycles. The van der Waals surface area contributed by atoms with Crippen molar-refractivity contribution in [1.29, 1.82) is 0 Å². The molecule has 2 aromatic rings. The van der Waals surface area contributed by atoms with E-state index in [1.54, 1.807) is 12.3 Å². The van der Waals surface area contributed by atoms with E-state index in [1.807, 2.05) is 0 Å². The number of fused-ring (bicyclic) bond motifs is 1. The third-order valence-corrected chi connectivity index (χ3v) is 3.54. The largest absolute Gasteiger partial charge is 0.310 e. The van der Waals surface area contributed by atoms with Crippen molar-refractivity contribution in [3.05, 3.63) is 53.6 Å². The van der Waals surface area contributed by atoms with Gasteiger partial charge in [-0.25, -0.2) is 4.98 Å². The normalized spacial score (nSPS) is 18.4. The van der Waals surface area contributed by atoms with Crippen molar-refractivity contribution >= 4 is 0 Å². The van der Waals surface area contributed by atoms with Gasteiger partial charge in [-0.15, -0.1) is 0 Å². The van der Waals surface area contributed by atoms with Crippen LogP contribution in [0.1, 0.15) is 24.1 Å². The molecule has 1 aliphatic rings. The fraction of sp³-hybridized carbons (Fsp3) is 0.267. The first-order valence-corrected chi connectivity index (χ1v) is 6.23. The van der Waals surface area contributed by atoms with Gasteiger partial charge in [0.1, 0.15) is 0 Å². The molecule has 3 heteroatoms. The van der Waals surface area contributed by atoms with Crippen molar-refractivity contribution in [2.45, 2.75) is 19.4 Å². The van der Waals surface area contributed by atoms with Crippen molar-refractivity contribution in [3.63, 3.8) is 0 Å². The maximum atomic E-state index is 12.9. The third kappa shape index (κ3) is 1.91. The van der Waals surface area contributed by atoms with E-state index in [0.29, 0.717) is 6.04 Å². The first-order chi connectivity index (χ1) is 8.75. The monoisotopic (exact) mass is 242 g/mol. The smallest absolute Gasteiger partial charge is 0.212 e. The Kier molecular flexibility index (Phi) is 2.84. The minimum absolute atomic E-state index is 0.377. The summed E-state index contributed by atoms with van der Waals surface area (Å²) < 4.78 is 12.9. The molecule has 1 atom stereocenters. The molecule has 1 aromatic heterocycles. The number of hydrogen-bond acceptors (Lipinski definition) is 2. The number of rotatable bonds is 1. The molecule has 92 valence electrons. The lowest BCUT2D eigenvalue weighted by Gasteiger charge is -2.26. The number of hydrogen-bond donors (Lipinski definition) is 1. The van der Waals surface area contributed by atoms with Crippen LogP contribution in [0, 0.1) is 5.95 Å². The molecule has 0 fully saturated rings. The molecule has 0 bridgehead atoms. The van der Waals surface area contributed by atoms with Gasteiger partial charge in [0.25, 0.3) is 0 Å². The maximum absolute atomic E-state index is 12.9. The van der Waals surface area contributed by atoms with E-state index in [9.17, 15) is 4.39 Å². The van der Waals surface area contributed by atoms with Crippen LogP contribution in [0.25, 0.3) is 11.1 Å². The topological polar surface area (TPSA) is 24.9 Å². The molecule has 0 aliphatic carbocycles. The van der Waals surface area contributed by atoms with E-state index >= 15 is 0 Å². The summed E-state index contributed by atoms with van der Waals surface area (Å²) in [5.41, 5.74) is 4.86. The summed E-state index contributed by atoms with van der Waals surface area (Å²) in [7, 11) is 0. The standard InChI is InChI=1S/C15H15FN2/c1-10-12-3-2-4-13(14(12)7-8-17-10)11-5-6-15(16)18-9-11/h2-6,9-10,17H,7-8H2,1H3. The lowest BCUT2D eigenvalue weighted by atomic mass is 9.89. The van der Waals surface area contributed by atoms with E-state index in [-0.39, 0.29) is 0 Å². The molecule has 1 aromatic carbocycles. The van der Waals surface area contributed by atoms with Gasteiger partial charge in [0, 0.05) is 17.8 Å². The Morgan fingerprint density at radius 3 is 2.94 bits per heavy atom. The minimum Gasteiger partial charge on any atom is -0.310 e. The summed E-state index contributed by atoms with van der Waals surface area (Å²) in [6.07, 6.45) is 2.62. The molecule has 18 heavy (non-hydrogen) atoms. The van der Waals surface area contributed by atoms with Gasteiger partial charge in [0.05, 0.1) is 0 Å². The van der Waals surface area contributed by atoms with Gasteiger partial charge in [0.2, 0.25) is 5.95 Å². The van der Waals surface area contributed by atoms with E-state index in [1.165, 1.54) is 22.8 Å². The van der Waals surface area contributed by atoms with E-state index in [0.717, 1.165) is 18.5 Å². The number of halogens is 1. The van der Waals surface area contributed by atoms with Crippen LogP contribution in [0.2, 0.25) is 0 Å². The van der Waals surface area contributed by atoms with Gasteiger partial charge in [0.15, 0.2) is 0 Å². The summed E-state index contributed by atoms with van der Waals surface area (Å²) in [5.74, 6) is -0.432. The summed E-state index contributed by atoms with van der Waals surface area (Å²) in [6, 6.07) is 9.89. The van der Waals surface area contributed by atoms with Gasteiger partial charge in [-0.05, 0) is 48.7 Å². The van der Waals surface area contributed by atoms with E-state index < -0.39 is 5.95 Å². The molecule has 0 spiro atoms. The molecular formula is C15H15FN2. The van der Waals surface area contributed by atoms with Crippen LogP contribution in [-0.4, -0.2) is 11.5 Å². The van der Waals surface area contributed by atoms with Crippen molar-refractivity contribution in [2.75, 3.05) is 6.54 Å². The number of pyridine rings is 1. The Hall–Kier alpha value is -1.74. The lowest BCUT2D eigenvalue weighted by Crippen LogP contribution is -2.28. The fourth-order valence-corrected chi connectivity index (χ4v) is 2.62. The van der Waals surface area contributed by atoms with Crippen molar-refractivity contribution in [3.8, 4) is 11.1 Å². The summed E-state index contributed by atoms with van der Waals surface area (Å²) >= 11 is 0. The number of aromatic nitrogens is 1. The third-order valence-electron chi connectivity index (χ3n) is 3.54. The van der Waals surface area contributed by atoms with Crippen LogP contribution in [0.5, 0.6) is 0 Å². The highest BCUT2D eigenvalue weighted by Gasteiger charge is 2.18. The zero-order valence-electron chi connectivity index (χ0n) is 10.3. The highest BCUT2D eigenvalue weighted by atomic mass is 19.1. The molecular weight excluding hydrogens is 227 g/mol. The van der Waals surface area contributed by atoms with E-state index in [2.05, 4.69) is 35.4 Å². The van der Waals surface area contributed by atoms with Crippen LogP contribution in [-0.2, 0) is 6.42 Å². The molecule has 2 nitrogen and oxygen atoms in total. The summed E-state index contributed by atoms with van der Waals surface area (Å²) in [5, 5.41) is 3.45. The van der Waals surface area contributed by atoms with Crippen molar-refractivity contribution in [1.82, 2.24) is 10.3 Å². The minimum atomic E-state index is -0.432. The Balaban J connectivity index is 2.12. The highest BCUT2D eigenvalue weighted by Crippen LogP contribution is 2.31. The predicted octanol–water partition coefficient (Wildman–Crippen LogP) is 3.09. The van der Waals surface area contributed by atoms with Crippen LogP contribution in [0.4, 0.5) is 4.39 Å². The van der Waals surface area contributed by atoms with Crippen molar-refractivity contribution in [2.24, 2.45) is 0 Å². The second-order valence-corrected chi connectivity index (χ2v) is 4.67. The van der Waals surface area contributed by atoms with Crippen LogP contribution < -0.4 is 5.32 Å². The molecule has 2 heterocycles. The Morgan fingerprint density at radius 2 is 2.17 bits per heavy atom. The average Bonchev–Trinajstić information content (AvgIpc) is 2.40. The molecule has 1 N–H and O–H groups in total. The van der Waals surface area contributed by atoms with Gasteiger partial charge >= 0.3 is 0 Å². The molecule has 0 amide bonds. The zero-order chi connectivity index (χ0) is 12.5. The first-order valence-electron chi connectivity index (χ1n) is 6.23. The van der Waals surface area contributed by atoms with Gasteiger partial charge in [-0.2, -0.15) is 4.39 Å². The van der Waals surface area contributed by atoms with Crippen LogP contribution in [0.15, 0.2) is 36.5 Å². The van der Waals surface area contributed by atoms with Crippen LogP contribution in [0.3, 0.4) is 0 Å². The molecule has 1 aliphatic heterocycles. The van der Waals surface area contributed by atoms with Gasteiger partial charge in [-0.1, -0.05) is 18.2 Å². The second kappa shape index (κ2) is 4.50. The average molecular weight is 242 g/mol.